The molecule has 1 N–H and O–H groups in total. The molecule has 0 aromatic heterocycles. The number of likely N-dealkylation sites (tertiary alicyclic amines) is 1. The molecule has 3 heteroatoms. The van der Waals surface area contributed by atoms with Gasteiger partial charge in [-0.3, -0.25) is 4.79 Å². The van der Waals surface area contributed by atoms with Crippen molar-refractivity contribution in [2.75, 3.05) is 19.6 Å². The maximum Gasteiger partial charge on any atom is 0.219 e. The molecule has 0 aromatic rings. The zero-order chi connectivity index (χ0) is 8.97. The van der Waals surface area contributed by atoms with Crippen molar-refractivity contribution in [1.29, 1.82) is 0 Å². The van der Waals surface area contributed by atoms with Gasteiger partial charge in [0, 0.05) is 26.1 Å². The van der Waals surface area contributed by atoms with E-state index in [1.165, 1.54) is 0 Å². The van der Waals surface area contributed by atoms with Crippen molar-refractivity contribution in [3.63, 3.8) is 0 Å². The number of nitrogens with one attached hydrogen (secondary N) is 1. The molecule has 0 radical (unpaired) electrons. The maximum absolute atomic E-state index is 11.0. The van der Waals surface area contributed by atoms with Gasteiger partial charge >= 0.3 is 0 Å². The fourth-order valence-corrected chi connectivity index (χ4v) is 1.69. The summed E-state index contributed by atoms with van der Waals surface area (Å²) in [6.45, 7) is 6.65. The number of nitrogens with zero attached hydrogens (tertiary/aromatic N) is 1. The Hall–Kier alpha value is -0.570. The molecule has 0 bridgehead atoms. The summed E-state index contributed by atoms with van der Waals surface area (Å²) in [6.07, 6.45) is 2.21. The fourth-order valence-electron chi connectivity index (χ4n) is 1.69. The third-order valence-electron chi connectivity index (χ3n) is 2.43. The summed E-state index contributed by atoms with van der Waals surface area (Å²) in [4.78, 5) is 12.9. The lowest BCUT2D eigenvalue weighted by atomic mass is 10.1. The minimum Gasteiger partial charge on any atom is -0.343 e. The molecule has 1 heterocycles. The first-order valence-electron chi connectivity index (χ1n) is 4.73. The van der Waals surface area contributed by atoms with Gasteiger partial charge in [-0.1, -0.05) is 6.92 Å². The van der Waals surface area contributed by atoms with E-state index in [0.29, 0.717) is 6.04 Å². The summed E-state index contributed by atoms with van der Waals surface area (Å²) in [6, 6.07) is 0.630. The van der Waals surface area contributed by atoms with Crippen molar-refractivity contribution in [2.24, 2.45) is 0 Å². The van der Waals surface area contributed by atoms with Crippen LogP contribution in [0.2, 0.25) is 0 Å². The number of rotatable bonds is 2. The molecule has 1 aliphatic rings. The molecule has 1 amide bonds. The lowest BCUT2D eigenvalue weighted by Crippen LogP contribution is -2.44. The Kier molecular flexibility index (Phi) is 3.53. The van der Waals surface area contributed by atoms with Gasteiger partial charge in [0.1, 0.15) is 0 Å². The fraction of sp³-hybridized carbons (Fsp3) is 0.889. The number of amides is 1. The Bertz CT molecular complexity index is 151. The number of piperidine rings is 1. The van der Waals surface area contributed by atoms with Crippen LogP contribution in [0, 0.1) is 0 Å². The molecular formula is C9H18N2O. The Morgan fingerprint density at radius 2 is 2.08 bits per heavy atom. The predicted octanol–water partition coefficient (Wildman–Crippen LogP) is 0.607. The molecule has 1 saturated heterocycles. The quantitative estimate of drug-likeness (QED) is 0.658. The van der Waals surface area contributed by atoms with Crippen molar-refractivity contribution >= 4 is 5.91 Å². The van der Waals surface area contributed by atoms with Gasteiger partial charge in [-0.15, -0.1) is 0 Å². The second-order valence-corrected chi connectivity index (χ2v) is 3.34. The van der Waals surface area contributed by atoms with Gasteiger partial charge in [0.2, 0.25) is 5.91 Å². The lowest BCUT2D eigenvalue weighted by Gasteiger charge is -2.31. The zero-order valence-corrected chi connectivity index (χ0v) is 7.97. The van der Waals surface area contributed by atoms with E-state index in [0.717, 1.165) is 32.5 Å². The van der Waals surface area contributed by atoms with Gasteiger partial charge in [0.25, 0.3) is 0 Å². The lowest BCUT2D eigenvalue weighted by molar-refractivity contribution is -0.129. The number of carbonyl (C=O) groups excluding carboxylic acids is 1. The minimum atomic E-state index is 0.213. The van der Waals surface area contributed by atoms with E-state index in [4.69, 9.17) is 0 Å². The topological polar surface area (TPSA) is 32.3 Å². The minimum absolute atomic E-state index is 0.213. The molecule has 1 aliphatic heterocycles. The first kappa shape index (κ1) is 9.52. The molecule has 70 valence electrons. The molecule has 0 aromatic carbocycles. The van der Waals surface area contributed by atoms with Crippen LogP contribution in [0.1, 0.15) is 26.7 Å². The third-order valence-corrected chi connectivity index (χ3v) is 2.43. The molecule has 0 unspecified atom stereocenters. The smallest absolute Gasteiger partial charge is 0.219 e. The molecule has 0 aliphatic carbocycles. The third kappa shape index (κ3) is 2.48. The van der Waals surface area contributed by atoms with Crippen LogP contribution in [0.5, 0.6) is 0 Å². The van der Waals surface area contributed by atoms with Crippen molar-refractivity contribution in [3.8, 4) is 0 Å². The van der Waals surface area contributed by atoms with E-state index in [1.54, 1.807) is 6.92 Å². The van der Waals surface area contributed by atoms with Crippen LogP contribution >= 0.6 is 0 Å². The summed E-state index contributed by atoms with van der Waals surface area (Å²) in [7, 11) is 0. The molecule has 0 saturated carbocycles. The Morgan fingerprint density at radius 1 is 1.50 bits per heavy atom. The molecule has 0 spiro atoms. The Morgan fingerprint density at radius 3 is 2.50 bits per heavy atom. The van der Waals surface area contributed by atoms with Gasteiger partial charge in [0.15, 0.2) is 0 Å². The van der Waals surface area contributed by atoms with Crippen LogP contribution in [0.25, 0.3) is 0 Å². The summed E-state index contributed by atoms with van der Waals surface area (Å²) in [5.74, 6) is 0.213. The van der Waals surface area contributed by atoms with E-state index in [-0.39, 0.29) is 5.91 Å². The monoisotopic (exact) mass is 170 g/mol. The summed E-state index contributed by atoms with van der Waals surface area (Å²) in [5.41, 5.74) is 0. The average molecular weight is 170 g/mol. The molecular weight excluding hydrogens is 152 g/mol. The molecule has 1 fully saturated rings. The number of carbonyl (C=O) groups is 1. The van der Waals surface area contributed by atoms with Gasteiger partial charge in [-0.2, -0.15) is 0 Å². The van der Waals surface area contributed by atoms with E-state index >= 15 is 0 Å². The van der Waals surface area contributed by atoms with Crippen LogP contribution in [0.15, 0.2) is 0 Å². The van der Waals surface area contributed by atoms with Crippen LogP contribution < -0.4 is 5.32 Å². The zero-order valence-electron chi connectivity index (χ0n) is 7.97. The van der Waals surface area contributed by atoms with E-state index in [9.17, 15) is 4.79 Å². The van der Waals surface area contributed by atoms with Crippen LogP contribution in [-0.4, -0.2) is 36.5 Å². The highest BCUT2D eigenvalue weighted by molar-refractivity contribution is 5.73. The van der Waals surface area contributed by atoms with Gasteiger partial charge in [0.05, 0.1) is 0 Å². The van der Waals surface area contributed by atoms with Crippen LogP contribution in [0.4, 0.5) is 0 Å². The highest BCUT2D eigenvalue weighted by Gasteiger charge is 2.19. The molecule has 1 rings (SSSR count). The Labute approximate surface area is 74.1 Å². The van der Waals surface area contributed by atoms with Crippen molar-refractivity contribution in [2.45, 2.75) is 32.7 Å². The largest absolute Gasteiger partial charge is 0.343 e. The summed E-state index contributed by atoms with van der Waals surface area (Å²) < 4.78 is 0. The predicted molar refractivity (Wildman–Crippen MR) is 49.0 cm³/mol. The van der Waals surface area contributed by atoms with E-state index in [1.807, 2.05) is 4.90 Å². The Balaban J connectivity index is 2.25. The SMILES string of the molecule is CCNC1CCN(C(C)=O)CC1. The van der Waals surface area contributed by atoms with Crippen LogP contribution in [0.3, 0.4) is 0 Å². The molecule has 3 nitrogen and oxygen atoms in total. The maximum atomic E-state index is 11.0. The van der Waals surface area contributed by atoms with Gasteiger partial charge in [-0.25, -0.2) is 0 Å². The summed E-state index contributed by atoms with van der Waals surface area (Å²) in [5, 5.41) is 3.41. The number of hydrogen-bond donors (Lipinski definition) is 1. The van der Waals surface area contributed by atoms with E-state index < -0.39 is 0 Å². The normalized spacial score (nSPS) is 19.7. The van der Waals surface area contributed by atoms with E-state index in [2.05, 4.69) is 12.2 Å². The van der Waals surface area contributed by atoms with Crippen molar-refractivity contribution in [3.05, 3.63) is 0 Å². The highest BCUT2D eigenvalue weighted by Crippen LogP contribution is 2.09. The highest BCUT2D eigenvalue weighted by atomic mass is 16.2. The number of hydrogen-bond acceptors (Lipinski definition) is 2. The second kappa shape index (κ2) is 4.45. The standard InChI is InChI=1S/C9H18N2O/c1-3-10-9-4-6-11(7-5-9)8(2)12/h9-10H,3-7H2,1-2H3. The molecule has 12 heavy (non-hydrogen) atoms. The average Bonchev–Trinajstić information content (AvgIpc) is 2.06. The molecule has 0 atom stereocenters. The van der Waals surface area contributed by atoms with Crippen LogP contribution in [-0.2, 0) is 4.79 Å². The van der Waals surface area contributed by atoms with Crippen molar-refractivity contribution < 1.29 is 4.79 Å². The van der Waals surface area contributed by atoms with Gasteiger partial charge in [-0.05, 0) is 19.4 Å². The second-order valence-electron chi connectivity index (χ2n) is 3.34. The first-order chi connectivity index (χ1) is 5.74. The van der Waals surface area contributed by atoms with Crippen molar-refractivity contribution in [1.82, 2.24) is 10.2 Å². The van der Waals surface area contributed by atoms with Gasteiger partial charge < -0.3 is 10.2 Å². The summed E-state index contributed by atoms with van der Waals surface area (Å²) >= 11 is 0. The first-order valence-corrected chi connectivity index (χ1v) is 4.73.